The number of carbonyl (C=O) groups excluding carboxylic acids is 1. The number of hydrogen-bond donors (Lipinski definition) is 1. The van der Waals surface area contributed by atoms with Crippen LogP contribution in [0.2, 0.25) is 0 Å². The number of esters is 1. The molecule has 1 aliphatic rings. The zero-order valence-electron chi connectivity index (χ0n) is 8.73. The van der Waals surface area contributed by atoms with Crippen LogP contribution in [-0.4, -0.2) is 37.5 Å². The molecule has 0 unspecified atom stereocenters. The van der Waals surface area contributed by atoms with Gasteiger partial charge in [-0.15, -0.1) is 0 Å². The molecule has 0 saturated heterocycles. The third-order valence-electron chi connectivity index (χ3n) is 2.81. The van der Waals surface area contributed by atoms with Gasteiger partial charge in [-0.05, 0) is 25.7 Å². The van der Waals surface area contributed by atoms with E-state index in [4.69, 9.17) is 14.6 Å². The molecule has 0 aliphatic heterocycles. The molecular weight excluding hydrogens is 184 g/mol. The summed E-state index contributed by atoms with van der Waals surface area (Å²) in [5.74, 6) is -0.394. The van der Waals surface area contributed by atoms with Crippen molar-refractivity contribution in [3.05, 3.63) is 0 Å². The van der Waals surface area contributed by atoms with E-state index in [9.17, 15) is 4.79 Å². The molecule has 1 aliphatic carbocycles. The van der Waals surface area contributed by atoms with Crippen LogP contribution in [0.15, 0.2) is 0 Å². The Morgan fingerprint density at radius 2 is 2.21 bits per heavy atom. The monoisotopic (exact) mass is 202 g/mol. The van der Waals surface area contributed by atoms with E-state index in [-0.39, 0.29) is 30.5 Å². The van der Waals surface area contributed by atoms with E-state index in [1.807, 2.05) is 0 Å². The first-order valence-corrected chi connectivity index (χ1v) is 5.03. The first-order chi connectivity index (χ1) is 6.72. The van der Waals surface area contributed by atoms with E-state index in [0.29, 0.717) is 13.0 Å². The van der Waals surface area contributed by atoms with Crippen LogP contribution >= 0.6 is 0 Å². The average Bonchev–Trinajstić information content (AvgIpc) is 2.61. The zero-order valence-corrected chi connectivity index (χ0v) is 8.73. The molecule has 3 atom stereocenters. The molecule has 1 N–H and O–H groups in total. The SMILES string of the molecule is CCOC(=O)[C@@H]1C[C@H](OC)C[C@H]1CO. The Hall–Kier alpha value is -0.610. The Kier molecular flexibility index (Phi) is 4.35. The second kappa shape index (κ2) is 5.32. The van der Waals surface area contributed by atoms with E-state index in [1.54, 1.807) is 14.0 Å². The van der Waals surface area contributed by atoms with Gasteiger partial charge >= 0.3 is 5.97 Å². The van der Waals surface area contributed by atoms with Gasteiger partial charge in [0.05, 0.1) is 18.6 Å². The molecule has 4 nitrogen and oxygen atoms in total. The van der Waals surface area contributed by atoms with Crippen LogP contribution in [0, 0.1) is 11.8 Å². The van der Waals surface area contributed by atoms with Crippen LogP contribution in [0.5, 0.6) is 0 Å². The molecule has 1 saturated carbocycles. The highest BCUT2D eigenvalue weighted by molar-refractivity contribution is 5.73. The van der Waals surface area contributed by atoms with Crippen molar-refractivity contribution in [1.82, 2.24) is 0 Å². The van der Waals surface area contributed by atoms with Gasteiger partial charge < -0.3 is 14.6 Å². The van der Waals surface area contributed by atoms with Crippen molar-refractivity contribution in [3.8, 4) is 0 Å². The maximum absolute atomic E-state index is 11.5. The van der Waals surface area contributed by atoms with Crippen LogP contribution in [-0.2, 0) is 14.3 Å². The van der Waals surface area contributed by atoms with Gasteiger partial charge in [-0.25, -0.2) is 0 Å². The number of rotatable bonds is 4. The van der Waals surface area contributed by atoms with E-state index in [0.717, 1.165) is 6.42 Å². The van der Waals surface area contributed by atoms with Crippen LogP contribution in [0.25, 0.3) is 0 Å². The topological polar surface area (TPSA) is 55.8 Å². The molecule has 4 heteroatoms. The summed E-state index contributed by atoms with van der Waals surface area (Å²) < 4.78 is 10.1. The van der Waals surface area contributed by atoms with Crippen molar-refractivity contribution in [3.63, 3.8) is 0 Å². The molecule has 0 radical (unpaired) electrons. The fraction of sp³-hybridized carbons (Fsp3) is 0.900. The number of hydrogen-bond acceptors (Lipinski definition) is 4. The Labute approximate surface area is 84.2 Å². The van der Waals surface area contributed by atoms with Gasteiger partial charge in [-0.1, -0.05) is 0 Å². The second-order valence-electron chi connectivity index (χ2n) is 3.63. The van der Waals surface area contributed by atoms with Gasteiger partial charge in [0.15, 0.2) is 0 Å². The normalized spacial score (nSPS) is 31.8. The number of methoxy groups -OCH3 is 1. The van der Waals surface area contributed by atoms with Gasteiger partial charge in [0.2, 0.25) is 0 Å². The van der Waals surface area contributed by atoms with Crippen molar-refractivity contribution in [2.75, 3.05) is 20.3 Å². The lowest BCUT2D eigenvalue weighted by atomic mass is 9.97. The number of aliphatic hydroxyl groups excluding tert-OH is 1. The molecule has 14 heavy (non-hydrogen) atoms. The van der Waals surface area contributed by atoms with Gasteiger partial charge in [0.25, 0.3) is 0 Å². The fourth-order valence-corrected chi connectivity index (χ4v) is 2.01. The molecule has 0 heterocycles. The lowest BCUT2D eigenvalue weighted by Gasteiger charge is -2.14. The van der Waals surface area contributed by atoms with Crippen LogP contribution < -0.4 is 0 Å². The van der Waals surface area contributed by atoms with Gasteiger partial charge in [-0.2, -0.15) is 0 Å². The van der Waals surface area contributed by atoms with Crippen LogP contribution in [0.3, 0.4) is 0 Å². The minimum atomic E-state index is -0.203. The van der Waals surface area contributed by atoms with Gasteiger partial charge in [-0.3, -0.25) is 4.79 Å². The molecular formula is C10H18O4. The van der Waals surface area contributed by atoms with Crippen LogP contribution in [0.1, 0.15) is 19.8 Å². The fourth-order valence-electron chi connectivity index (χ4n) is 2.01. The smallest absolute Gasteiger partial charge is 0.309 e. The van der Waals surface area contributed by atoms with Crippen molar-refractivity contribution >= 4 is 5.97 Å². The molecule has 0 spiro atoms. The molecule has 82 valence electrons. The third-order valence-corrected chi connectivity index (χ3v) is 2.81. The molecule has 0 bridgehead atoms. The van der Waals surface area contributed by atoms with Gasteiger partial charge in [0, 0.05) is 13.7 Å². The average molecular weight is 202 g/mol. The maximum atomic E-state index is 11.5. The number of ether oxygens (including phenoxy) is 2. The summed E-state index contributed by atoms with van der Waals surface area (Å²) in [6.07, 6.45) is 1.50. The largest absolute Gasteiger partial charge is 0.466 e. The summed E-state index contributed by atoms with van der Waals surface area (Å²) >= 11 is 0. The molecule has 1 rings (SSSR count). The van der Waals surface area contributed by atoms with E-state index in [2.05, 4.69) is 0 Å². The summed E-state index contributed by atoms with van der Waals surface area (Å²) in [6.45, 7) is 2.21. The number of aliphatic hydroxyl groups is 1. The predicted octanol–water partition coefficient (Wildman–Crippen LogP) is 0.583. The van der Waals surface area contributed by atoms with E-state index < -0.39 is 0 Å². The second-order valence-corrected chi connectivity index (χ2v) is 3.63. The highest BCUT2D eigenvalue weighted by Crippen LogP contribution is 2.34. The summed E-state index contributed by atoms with van der Waals surface area (Å²) in [5.41, 5.74) is 0. The van der Waals surface area contributed by atoms with Crippen molar-refractivity contribution in [2.45, 2.75) is 25.9 Å². The Morgan fingerprint density at radius 3 is 2.71 bits per heavy atom. The highest BCUT2D eigenvalue weighted by atomic mass is 16.5. The van der Waals surface area contributed by atoms with Gasteiger partial charge in [0.1, 0.15) is 0 Å². The molecule has 1 fully saturated rings. The minimum absolute atomic E-state index is 0.000926. The van der Waals surface area contributed by atoms with Crippen molar-refractivity contribution < 1.29 is 19.4 Å². The third kappa shape index (κ3) is 2.45. The standard InChI is InChI=1S/C10H18O4/c1-3-14-10(12)9-5-8(13-2)4-7(9)6-11/h7-9,11H,3-6H2,1-2H3/t7-,8+,9+/m0/s1. The summed E-state index contributed by atoms with van der Waals surface area (Å²) in [5, 5.41) is 9.10. The first kappa shape index (κ1) is 11.5. The predicted molar refractivity (Wildman–Crippen MR) is 50.7 cm³/mol. The molecule has 0 aromatic rings. The molecule has 0 aromatic heterocycles. The molecule has 0 aromatic carbocycles. The zero-order chi connectivity index (χ0) is 10.6. The Balaban J connectivity index is 2.54. The number of carbonyl (C=O) groups is 1. The van der Waals surface area contributed by atoms with Crippen molar-refractivity contribution in [2.24, 2.45) is 11.8 Å². The van der Waals surface area contributed by atoms with E-state index >= 15 is 0 Å². The molecule has 0 amide bonds. The lowest BCUT2D eigenvalue weighted by Crippen LogP contribution is -2.23. The van der Waals surface area contributed by atoms with E-state index in [1.165, 1.54) is 0 Å². The van der Waals surface area contributed by atoms with Crippen LogP contribution in [0.4, 0.5) is 0 Å². The maximum Gasteiger partial charge on any atom is 0.309 e. The first-order valence-electron chi connectivity index (χ1n) is 5.03. The lowest BCUT2D eigenvalue weighted by molar-refractivity contribution is -0.150. The Bertz CT molecular complexity index is 193. The highest BCUT2D eigenvalue weighted by Gasteiger charge is 2.39. The summed E-state index contributed by atoms with van der Waals surface area (Å²) in [4.78, 5) is 11.5. The summed E-state index contributed by atoms with van der Waals surface area (Å²) in [7, 11) is 1.63. The Morgan fingerprint density at radius 1 is 1.50 bits per heavy atom. The quantitative estimate of drug-likeness (QED) is 0.678. The minimum Gasteiger partial charge on any atom is -0.466 e. The summed E-state index contributed by atoms with van der Waals surface area (Å²) in [6, 6.07) is 0. The van der Waals surface area contributed by atoms with Crippen molar-refractivity contribution in [1.29, 1.82) is 0 Å².